The molecule has 1 aliphatic heterocycles. The molecule has 0 N–H and O–H groups in total. The lowest BCUT2D eigenvalue weighted by Crippen LogP contribution is -2.50. The molecule has 0 aliphatic carbocycles. The van der Waals surface area contributed by atoms with Gasteiger partial charge in [0.15, 0.2) is 0 Å². The normalized spacial score (nSPS) is 18.2. The second kappa shape index (κ2) is 12.3. The molecule has 1 amide bonds. The number of piperidine rings is 1. The van der Waals surface area contributed by atoms with E-state index in [4.69, 9.17) is 39.5 Å². The van der Waals surface area contributed by atoms with Gasteiger partial charge in [-0.3, -0.25) is 4.79 Å². The largest absolute Gasteiger partial charge is 0.493 e. The van der Waals surface area contributed by atoms with Crippen molar-refractivity contribution in [3.8, 4) is 5.75 Å². The molecular weight excluding hydrogens is 567 g/mol. The lowest BCUT2D eigenvalue weighted by molar-refractivity contribution is -0.134. The Morgan fingerprint density at radius 1 is 1.00 bits per heavy atom. The number of nitrogens with zero attached hydrogens (tertiary/aromatic N) is 2. The van der Waals surface area contributed by atoms with Gasteiger partial charge in [-0.25, -0.2) is 8.42 Å². The summed E-state index contributed by atoms with van der Waals surface area (Å²) in [4.78, 5) is 15.1. The molecule has 202 valence electrons. The summed E-state index contributed by atoms with van der Waals surface area (Å²) in [5, 5.41) is 0.995. The number of rotatable bonds is 9. The summed E-state index contributed by atoms with van der Waals surface area (Å²) in [5.74, 6) is 0.511. The summed E-state index contributed by atoms with van der Waals surface area (Å²) in [7, 11) is -2.17. The van der Waals surface area contributed by atoms with Gasteiger partial charge in [-0.15, -0.1) is 0 Å². The van der Waals surface area contributed by atoms with Crippen LogP contribution in [-0.4, -0.2) is 50.3 Å². The van der Waals surface area contributed by atoms with Gasteiger partial charge in [0.25, 0.3) is 0 Å². The summed E-state index contributed by atoms with van der Waals surface area (Å²) in [6.45, 7) is 1.06. The zero-order chi connectivity index (χ0) is 27.3. The van der Waals surface area contributed by atoms with Crippen LogP contribution in [0.25, 0.3) is 0 Å². The summed E-state index contributed by atoms with van der Waals surface area (Å²) in [6, 6.07) is 21.0. The van der Waals surface area contributed by atoms with Crippen molar-refractivity contribution in [3.63, 3.8) is 0 Å². The van der Waals surface area contributed by atoms with Gasteiger partial charge in [0.2, 0.25) is 15.9 Å². The number of ether oxygens (including phenoxy) is 1. The van der Waals surface area contributed by atoms with Gasteiger partial charge in [-0.05, 0) is 60.9 Å². The molecule has 1 aliphatic rings. The highest BCUT2D eigenvalue weighted by molar-refractivity contribution is 7.89. The fourth-order valence-electron chi connectivity index (χ4n) is 4.67. The molecule has 0 spiro atoms. The van der Waals surface area contributed by atoms with Crippen LogP contribution >= 0.6 is 34.8 Å². The van der Waals surface area contributed by atoms with E-state index in [2.05, 4.69) is 0 Å². The molecule has 3 aromatic rings. The van der Waals surface area contributed by atoms with Gasteiger partial charge in [0, 0.05) is 48.6 Å². The first-order chi connectivity index (χ1) is 18.1. The van der Waals surface area contributed by atoms with Gasteiger partial charge in [-0.2, -0.15) is 4.31 Å². The van der Waals surface area contributed by atoms with Crippen LogP contribution in [0.5, 0.6) is 5.75 Å². The van der Waals surface area contributed by atoms with Crippen LogP contribution in [0.4, 0.5) is 0 Å². The molecule has 1 atom stereocenters. The summed E-state index contributed by atoms with van der Waals surface area (Å²) in [6.07, 6.45) is 1.33. The van der Waals surface area contributed by atoms with Crippen molar-refractivity contribution >= 4 is 50.7 Å². The van der Waals surface area contributed by atoms with Crippen molar-refractivity contribution < 1.29 is 17.9 Å². The molecule has 0 radical (unpaired) electrons. The van der Waals surface area contributed by atoms with Gasteiger partial charge < -0.3 is 9.64 Å². The number of halogens is 3. The van der Waals surface area contributed by atoms with Crippen molar-refractivity contribution in [3.05, 3.63) is 93.4 Å². The molecule has 1 saturated heterocycles. The van der Waals surface area contributed by atoms with Crippen LogP contribution in [0.1, 0.15) is 24.8 Å². The van der Waals surface area contributed by atoms with Crippen LogP contribution in [0.15, 0.2) is 77.7 Å². The third-order valence-corrected chi connectivity index (χ3v) is 9.53. The molecule has 0 bridgehead atoms. The minimum absolute atomic E-state index is 0.00879. The number of sulfonamides is 1. The molecular formula is C28H29Cl3N2O4S. The topological polar surface area (TPSA) is 66.9 Å². The van der Waals surface area contributed by atoms with Crippen molar-refractivity contribution in [2.24, 2.45) is 5.41 Å². The second-order valence-electron chi connectivity index (χ2n) is 9.67. The van der Waals surface area contributed by atoms with Crippen molar-refractivity contribution in [1.29, 1.82) is 0 Å². The standard InChI is InChI=1S/C28H29Cl3N2O4S/c1-32(18-21-6-3-2-4-7-21)27(34)17-28(20-37-24-11-8-22(29)9-12-24)14-5-15-33(19-28)38(35,36)26-13-10-23(30)16-25(26)31/h2-4,6-13,16H,5,14-15,17-20H2,1H3/t28-/m1/s1. The van der Waals surface area contributed by atoms with Gasteiger partial charge in [0.1, 0.15) is 10.6 Å². The third kappa shape index (κ3) is 7.01. The van der Waals surface area contributed by atoms with Crippen LogP contribution in [0, 0.1) is 5.41 Å². The number of carbonyl (C=O) groups is 1. The van der Waals surface area contributed by atoms with E-state index in [1.807, 2.05) is 30.3 Å². The van der Waals surface area contributed by atoms with E-state index in [1.165, 1.54) is 22.5 Å². The molecule has 0 aromatic heterocycles. The van der Waals surface area contributed by atoms with Gasteiger partial charge in [0.05, 0.1) is 11.6 Å². The molecule has 6 nitrogen and oxygen atoms in total. The predicted molar refractivity (Wildman–Crippen MR) is 151 cm³/mol. The highest BCUT2D eigenvalue weighted by Gasteiger charge is 2.43. The Morgan fingerprint density at radius 2 is 1.68 bits per heavy atom. The Kier molecular flexibility index (Phi) is 9.27. The van der Waals surface area contributed by atoms with Crippen LogP contribution in [0.2, 0.25) is 15.1 Å². The smallest absolute Gasteiger partial charge is 0.244 e. The number of carbonyl (C=O) groups excluding carboxylic acids is 1. The minimum atomic E-state index is -3.93. The van der Waals surface area contributed by atoms with E-state index < -0.39 is 15.4 Å². The van der Waals surface area contributed by atoms with Crippen molar-refractivity contribution in [1.82, 2.24) is 9.21 Å². The molecule has 10 heteroatoms. The SMILES string of the molecule is CN(Cc1ccccc1)C(=O)C[C@]1(COc2ccc(Cl)cc2)CCCN(S(=O)(=O)c2ccc(Cl)cc2Cl)C1. The van der Waals surface area contributed by atoms with Crippen LogP contribution in [-0.2, 0) is 21.4 Å². The Labute approximate surface area is 239 Å². The Morgan fingerprint density at radius 3 is 2.37 bits per heavy atom. The van der Waals surface area contributed by atoms with E-state index in [1.54, 1.807) is 36.2 Å². The van der Waals surface area contributed by atoms with Crippen molar-refractivity contribution in [2.75, 3.05) is 26.7 Å². The Balaban J connectivity index is 1.59. The van der Waals surface area contributed by atoms with Gasteiger partial charge >= 0.3 is 0 Å². The molecule has 0 saturated carbocycles. The maximum atomic E-state index is 13.6. The third-order valence-electron chi connectivity index (χ3n) is 6.71. The molecule has 38 heavy (non-hydrogen) atoms. The maximum absolute atomic E-state index is 13.6. The first kappa shape index (κ1) is 28.7. The van der Waals surface area contributed by atoms with E-state index in [9.17, 15) is 13.2 Å². The summed E-state index contributed by atoms with van der Waals surface area (Å²) >= 11 is 18.3. The first-order valence-electron chi connectivity index (χ1n) is 12.2. The lowest BCUT2D eigenvalue weighted by atomic mass is 9.78. The fourth-order valence-corrected chi connectivity index (χ4v) is 7.14. The quantitative estimate of drug-likeness (QED) is 0.282. The number of hydrogen-bond donors (Lipinski definition) is 0. The highest BCUT2D eigenvalue weighted by atomic mass is 35.5. The summed E-state index contributed by atoms with van der Waals surface area (Å²) in [5.41, 5.74) is 0.270. The molecule has 0 unspecified atom stereocenters. The van der Waals surface area contributed by atoms with Crippen molar-refractivity contribution in [2.45, 2.75) is 30.7 Å². The van der Waals surface area contributed by atoms with E-state index in [0.29, 0.717) is 41.7 Å². The molecule has 1 heterocycles. The zero-order valence-electron chi connectivity index (χ0n) is 20.9. The fraction of sp³-hybridized carbons (Fsp3) is 0.321. The second-order valence-corrected chi connectivity index (χ2v) is 12.9. The van der Waals surface area contributed by atoms with Crippen LogP contribution < -0.4 is 4.74 Å². The van der Waals surface area contributed by atoms with E-state index in [-0.39, 0.29) is 35.4 Å². The summed E-state index contributed by atoms with van der Waals surface area (Å²) < 4.78 is 34.8. The minimum Gasteiger partial charge on any atom is -0.493 e. The molecule has 3 aromatic carbocycles. The zero-order valence-corrected chi connectivity index (χ0v) is 24.0. The highest BCUT2D eigenvalue weighted by Crippen LogP contribution is 2.38. The first-order valence-corrected chi connectivity index (χ1v) is 14.8. The van der Waals surface area contributed by atoms with E-state index in [0.717, 1.165) is 5.56 Å². The molecule has 1 fully saturated rings. The average molecular weight is 596 g/mol. The Bertz CT molecular complexity index is 1370. The monoisotopic (exact) mass is 594 g/mol. The number of benzene rings is 3. The van der Waals surface area contributed by atoms with Crippen LogP contribution in [0.3, 0.4) is 0 Å². The Hall–Kier alpha value is -2.29. The lowest BCUT2D eigenvalue weighted by Gasteiger charge is -2.42. The molecule has 4 rings (SSSR count). The maximum Gasteiger partial charge on any atom is 0.244 e. The average Bonchev–Trinajstić information content (AvgIpc) is 2.89. The van der Waals surface area contributed by atoms with E-state index >= 15 is 0 Å². The number of amides is 1. The predicted octanol–water partition coefficient (Wildman–Crippen LogP) is 6.55. The van der Waals surface area contributed by atoms with Gasteiger partial charge in [-0.1, -0.05) is 65.1 Å². The number of hydrogen-bond acceptors (Lipinski definition) is 4.